The SMILES string of the molecule is Nc1cccc(/C=C/C(=O)N2CCCC2c2ccc[nH]2)c1. The summed E-state index contributed by atoms with van der Waals surface area (Å²) < 4.78 is 0. The maximum absolute atomic E-state index is 12.4. The number of amides is 1. The Labute approximate surface area is 124 Å². The van der Waals surface area contributed by atoms with E-state index >= 15 is 0 Å². The number of anilines is 1. The zero-order chi connectivity index (χ0) is 14.7. The van der Waals surface area contributed by atoms with Crippen LogP contribution in [0.2, 0.25) is 0 Å². The van der Waals surface area contributed by atoms with Crippen LogP contribution >= 0.6 is 0 Å². The van der Waals surface area contributed by atoms with Crippen molar-refractivity contribution in [3.8, 4) is 0 Å². The van der Waals surface area contributed by atoms with Gasteiger partial charge < -0.3 is 15.6 Å². The molecule has 3 rings (SSSR count). The minimum Gasteiger partial charge on any atom is -0.399 e. The van der Waals surface area contributed by atoms with E-state index in [1.165, 1.54) is 0 Å². The first kappa shape index (κ1) is 13.5. The number of aromatic nitrogens is 1. The third-order valence-electron chi connectivity index (χ3n) is 3.85. The van der Waals surface area contributed by atoms with Crippen LogP contribution in [-0.4, -0.2) is 22.3 Å². The van der Waals surface area contributed by atoms with E-state index in [4.69, 9.17) is 5.73 Å². The van der Waals surface area contributed by atoms with Crippen LogP contribution in [0.15, 0.2) is 48.7 Å². The van der Waals surface area contributed by atoms with Crippen LogP contribution in [0.4, 0.5) is 5.69 Å². The summed E-state index contributed by atoms with van der Waals surface area (Å²) in [4.78, 5) is 17.5. The van der Waals surface area contributed by atoms with Gasteiger partial charge in [-0.25, -0.2) is 0 Å². The van der Waals surface area contributed by atoms with Gasteiger partial charge in [-0.3, -0.25) is 4.79 Å². The molecule has 1 aromatic heterocycles. The summed E-state index contributed by atoms with van der Waals surface area (Å²) in [6, 6.07) is 11.7. The lowest BCUT2D eigenvalue weighted by atomic mass is 10.1. The number of nitrogens with two attached hydrogens (primary N) is 1. The van der Waals surface area contributed by atoms with Gasteiger partial charge in [-0.15, -0.1) is 0 Å². The summed E-state index contributed by atoms with van der Waals surface area (Å²) in [7, 11) is 0. The number of likely N-dealkylation sites (tertiary alicyclic amines) is 1. The largest absolute Gasteiger partial charge is 0.399 e. The summed E-state index contributed by atoms with van der Waals surface area (Å²) >= 11 is 0. The molecule has 0 spiro atoms. The van der Waals surface area contributed by atoms with E-state index in [0.29, 0.717) is 5.69 Å². The second-order valence-corrected chi connectivity index (χ2v) is 5.32. The number of rotatable bonds is 3. The molecular weight excluding hydrogens is 262 g/mol. The van der Waals surface area contributed by atoms with Crippen LogP contribution < -0.4 is 5.73 Å². The lowest BCUT2D eigenvalue weighted by Crippen LogP contribution is -2.29. The molecule has 2 aromatic rings. The number of nitrogen functional groups attached to an aromatic ring is 1. The fraction of sp³-hybridized carbons (Fsp3) is 0.235. The molecule has 4 nitrogen and oxygen atoms in total. The van der Waals surface area contributed by atoms with Crippen LogP contribution in [0.25, 0.3) is 6.08 Å². The van der Waals surface area contributed by atoms with E-state index in [9.17, 15) is 4.79 Å². The Kier molecular flexibility index (Phi) is 3.77. The zero-order valence-electron chi connectivity index (χ0n) is 11.8. The highest BCUT2D eigenvalue weighted by molar-refractivity contribution is 5.92. The summed E-state index contributed by atoms with van der Waals surface area (Å²) in [5.41, 5.74) is 8.50. The van der Waals surface area contributed by atoms with Gasteiger partial charge in [0.15, 0.2) is 0 Å². The molecule has 3 N–H and O–H groups in total. The van der Waals surface area contributed by atoms with Gasteiger partial charge in [0.05, 0.1) is 6.04 Å². The van der Waals surface area contributed by atoms with E-state index in [2.05, 4.69) is 4.98 Å². The molecule has 1 atom stereocenters. The third-order valence-corrected chi connectivity index (χ3v) is 3.85. The van der Waals surface area contributed by atoms with Crippen LogP contribution in [-0.2, 0) is 4.79 Å². The zero-order valence-corrected chi connectivity index (χ0v) is 11.8. The van der Waals surface area contributed by atoms with Crippen molar-refractivity contribution in [3.05, 3.63) is 59.9 Å². The summed E-state index contributed by atoms with van der Waals surface area (Å²) in [5, 5.41) is 0. The van der Waals surface area contributed by atoms with Gasteiger partial charge in [-0.05, 0) is 48.7 Å². The Morgan fingerprint density at radius 3 is 3.00 bits per heavy atom. The number of nitrogens with zero attached hydrogens (tertiary/aromatic N) is 1. The second-order valence-electron chi connectivity index (χ2n) is 5.32. The summed E-state index contributed by atoms with van der Waals surface area (Å²) in [5.74, 6) is 0.0505. The smallest absolute Gasteiger partial charge is 0.247 e. The summed E-state index contributed by atoms with van der Waals surface area (Å²) in [6.45, 7) is 0.809. The van der Waals surface area contributed by atoms with Crippen molar-refractivity contribution >= 4 is 17.7 Å². The Balaban J connectivity index is 1.73. The van der Waals surface area contributed by atoms with Gasteiger partial charge in [0, 0.05) is 30.2 Å². The molecule has 21 heavy (non-hydrogen) atoms. The molecule has 1 amide bonds. The topological polar surface area (TPSA) is 62.1 Å². The standard InChI is InChI=1S/C17H19N3O/c18-14-5-1-4-13(12-14)8-9-17(21)20-11-3-7-16(20)15-6-2-10-19-15/h1-2,4-6,8-10,12,16,19H,3,7,11,18H2/b9-8+. The molecule has 1 aliphatic heterocycles. The number of H-pyrrole nitrogens is 1. The maximum Gasteiger partial charge on any atom is 0.247 e. The first-order chi connectivity index (χ1) is 10.2. The monoisotopic (exact) mass is 281 g/mol. The first-order valence-electron chi connectivity index (χ1n) is 7.21. The highest BCUT2D eigenvalue weighted by Gasteiger charge is 2.29. The minimum absolute atomic E-state index is 0.0505. The van der Waals surface area contributed by atoms with Crippen molar-refractivity contribution in [1.82, 2.24) is 9.88 Å². The van der Waals surface area contributed by atoms with E-state index in [-0.39, 0.29) is 11.9 Å². The van der Waals surface area contributed by atoms with Crippen molar-refractivity contribution in [1.29, 1.82) is 0 Å². The predicted molar refractivity (Wildman–Crippen MR) is 84.4 cm³/mol. The number of nitrogens with one attached hydrogen (secondary N) is 1. The Bertz CT molecular complexity index is 646. The normalized spacial score (nSPS) is 18.5. The fourth-order valence-electron chi connectivity index (χ4n) is 2.83. The van der Waals surface area contributed by atoms with E-state index < -0.39 is 0 Å². The number of aromatic amines is 1. The average molecular weight is 281 g/mol. The highest BCUT2D eigenvalue weighted by atomic mass is 16.2. The Hall–Kier alpha value is -2.49. The van der Waals surface area contributed by atoms with Crippen molar-refractivity contribution < 1.29 is 4.79 Å². The lowest BCUT2D eigenvalue weighted by molar-refractivity contribution is -0.126. The number of benzene rings is 1. The maximum atomic E-state index is 12.4. The Morgan fingerprint density at radius 1 is 1.33 bits per heavy atom. The van der Waals surface area contributed by atoms with E-state index in [1.807, 2.05) is 53.6 Å². The number of hydrogen-bond acceptors (Lipinski definition) is 2. The van der Waals surface area contributed by atoms with Gasteiger partial charge in [0.25, 0.3) is 0 Å². The van der Waals surface area contributed by atoms with Crippen molar-refractivity contribution in [2.75, 3.05) is 12.3 Å². The van der Waals surface area contributed by atoms with Crippen LogP contribution in [0.3, 0.4) is 0 Å². The summed E-state index contributed by atoms with van der Waals surface area (Å²) in [6.07, 6.45) is 7.41. The number of carbonyl (C=O) groups is 1. The molecule has 2 heterocycles. The first-order valence-corrected chi connectivity index (χ1v) is 7.21. The van der Waals surface area contributed by atoms with Crippen LogP contribution in [0, 0.1) is 0 Å². The van der Waals surface area contributed by atoms with Crippen LogP contribution in [0.1, 0.15) is 30.1 Å². The third kappa shape index (κ3) is 2.99. The molecule has 0 aliphatic carbocycles. The van der Waals surface area contributed by atoms with Crippen molar-refractivity contribution in [2.24, 2.45) is 0 Å². The quantitative estimate of drug-likeness (QED) is 0.671. The van der Waals surface area contributed by atoms with Crippen LogP contribution in [0.5, 0.6) is 0 Å². The molecular formula is C17H19N3O. The Morgan fingerprint density at radius 2 is 2.24 bits per heavy atom. The molecule has 1 saturated heterocycles. The molecule has 4 heteroatoms. The molecule has 0 saturated carbocycles. The van der Waals surface area contributed by atoms with Gasteiger partial charge >= 0.3 is 0 Å². The fourth-order valence-corrected chi connectivity index (χ4v) is 2.83. The van der Waals surface area contributed by atoms with Gasteiger partial charge in [-0.1, -0.05) is 12.1 Å². The van der Waals surface area contributed by atoms with Gasteiger partial charge in [-0.2, -0.15) is 0 Å². The molecule has 1 unspecified atom stereocenters. The second kappa shape index (κ2) is 5.87. The van der Waals surface area contributed by atoms with Gasteiger partial charge in [0.1, 0.15) is 0 Å². The number of carbonyl (C=O) groups excluding carboxylic acids is 1. The molecule has 0 bridgehead atoms. The minimum atomic E-state index is 0.0505. The van der Waals surface area contributed by atoms with Gasteiger partial charge in [0.2, 0.25) is 5.91 Å². The van der Waals surface area contributed by atoms with Crippen molar-refractivity contribution in [3.63, 3.8) is 0 Å². The molecule has 1 fully saturated rings. The van der Waals surface area contributed by atoms with E-state index in [1.54, 1.807) is 6.08 Å². The molecule has 1 aliphatic rings. The van der Waals surface area contributed by atoms with E-state index in [0.717, 1.165) is 30.6 Å². The highest BCUT2D eigenvalue weighted by Crippen LogP contribution is 2.31. The van der Waals surface area contributed by atoms with Crippen molar-refractivity contribution in [2.45, 2.75) is 18.9 Å². The molecule has 108 valence electrons. The predicted octanol–water partition coefficient (Wildman–Crippen LogP) is 2.97. The molecule has 0 radical (unpaired) electrons. The lowest BCUT2D eigenvalue weighted by Gasteiger charge is -2.22. The average Bonchev–Trinajstić information content (AvgIpc) is 3.14. The molecule has 1 aromatic carbocycles. The number of hydrogen-bond donors (Lipinski definition) is 2.